The lowest BCUT2D eigenvalue weighted by Crippen LogP contribution is -2.29. The van der Waals surface area contributed by atoms with Crippen LogP contribution in [0.2, 0.25) is 0 Å². The highest BCUT2D eigenvalue weighted by atomic mass is 32.2. The quantitative estimate of drug-likeness (QED) is 0.918. The Kier molecular flexibility index (Phi) is 3.94. The van der Waals surface area contributed by atoms with Crippen LogP contribution in [0.5, 0.6) is 0 Å². The first-order chi connectivity index (χ1) is 9.00. The van der Waals surface area contributed by atoms with Gasteiger partial charge in [0.1, 0.15) is 0 Å². The standard InChI is InChI=1S/C16H16N2S/c1-16(2,18)14-8-3-4-9-15(14)19-13-7-5-6-12(10-13)11-17/h3-10H,18H2,1-2H3. The first-order valence-corrected chi connectivity index (χ1v) is 6.89. The van der Waals surface area contributed by atoms with Crippen LogP contribution >= 0.6 is 11.8 Å². The zero-order valence-corrected chi connectivity index (χ0v) is 11.9. The largest absolute Gasteiger partial charge is 0.322 e. The smallest absolute Gasteiger partial charge is 0.0992 e. The summed E-state index contributed by atoms with van der Waals surface area (Å²) >= 11 is 1.64. The Labute approximate surface area is 118 Å². The predicted molar refractivity (Wildman–Crippen MR) is 78.9 cm³/mol. The fraction of sp³-hybridized carbons (Fsp3) is 0.188. The minimum atomic E-state index is -0.379. The molecule has 0 fully saturated rings. The van der Waals surface area contributed by atoms with Crippen molar-refractivity contribution in [2.45, 2.75) is 29.2 Å². The topological polar surface area (TPSA) is 49.8 Å². The molecular weight excluding hydrogens is 252 g/mol. The second-order valence-electron chi connectivity index (χ2n) is 4.96. The van der Waals surface area contributed by atoms with Crippen molar-refractivity contribution in [1.29, 1.82) is 5.26 Å². The lowest BCUT2D eigenvalue weighted by atomic mass is 9.96. The van der Waals surface area contributed by atoms with E-state index in [0.717, 1.165) is 15.4 Å². The molecule has 2 aromatic rings. The van der Waals surface area contributed by atoms with Gasteiger partial charge >= 0.3 is 0 Å². The first kappa shape index (κ1) is 13.7. The van der Waals surface area contributed by atoms with Crippen molar-refractivity contribution < 1.29 is 0 Å². The van der Waals surface area contributed by atoms with E-state index in [0.29, 0.717) is 5.56 Å². The molecule has 2 nitrogen and oxygen atoms in total. The molecule has 0 atom stereocenters. The molecule has 0 aliphatic rings. The summed E-state index contributed by atoms with van der Waals surface area (Å²) in [6, 6.07) is 17.9. The van der Waals surface area contributed by atoms with E-state index in [4.69, 9.17) is 11.0 Å². The minimum Gasteiger partial charge on any atom is -0.322 e. The number of hydrogen-bond donors (Lipinski definition) is 1. The summed E-state index contributed by atoms with van der Waals surface area (Å²) in [6.07, 6.45) is 0. The SMILES string of the molecule is CC(C)(N)c1ccccc1Sc1cccc(C#N)c1. The van der Waals surface area contributed by atoms with Crippen molar-refractivity contribution in [3.8, 4) is 6.07 Å². The van der Waals surface area contributed by atoms with Crippen LogP contribution in [0.25, 0.3) is 0 Å². The Bertz CT molecular complexity index is 621. The number of nitrogens with zero attached hydrogens (tertiary/aromatic N) is 1. The van der Waals surface area contributed by atoms with Crippen molar-refractivity contribution >= 4 is 11.8 Å². The summed E-state index contributed by atoms with van der Waals surface area (Å²) in [5.41, 5.74) is 7.61. The summed E-state index contributed by atoms with van der Waals surface area (Å²) in [7, 11) is 0. The van der Waals surface area contributed by atoms with Gasteiger partial charge in [-0.05, 0) is 43.7 Å². The van der Waals surface area contributed by atoms with Gasteiger partial charge in [0.05, 0.1) is 11.6 Å². The van der Waals surface area contributed by atoms with E-state index in [2.05, 4.69) is 18.2 Å². The van der Waals surface area contributed by atoms with Crippen molar-refractivity contribution in [3.05, 3.63) is 59.7 Å². The molecule has 0 heterocycles. The molecular formula is C16H16N2S. The van der Waals surface area contributed by atoms with Crippen LogP contribution < -0.4 is 5.73 Å². The van der Waals surface area contributed by atoms with Gasteiger partial charge < -0.3 is 5.73 Å². The molecule has 0 aromatic heterocycles. The fourth-order valence-corrected chi connectivity index (χ4v) is 3.02. The van der Waals surface area contributed by atoms with Crippen molar-refractivity contribution in [3.63, 3.8) is 0 Å². The van der Waals surface area contributed by atoms with Gasteiger partial charge in [0.25, 0.3) is 0 Å². The summed E-state index contributed by atoms with van der Waals surface area (Å²) in [5, 5.41) is 8.93. The molecule has 0 aliphatic heterocycles. The fourth-order valence-electron chi connectivity index (χ4n) is 1.84. The molecule has 0 amide bonds. The van der Waals surface area contributed by atoms with Gasteiger partial charge in [-0.3, -0.25) is 0 Å². The van der Waals surface area contributed by atoms with Gasteiger partial charge in [0.2, 0.25) is 0 Å². The van der Waals surface area contributed by atoms with E-state index in [1.807, 2.05) is 50.2 Å². The minimum absolute atomic E-state index is 0.379. The molecule has 2 rings (SSSR count). The molecule has 2 N–H and O–H groups in total. The highest BCUT2D eigenvalue weighted by Crippen LogP contribution is 2.34. The average Bonchev–Trinajstić information content (AvgIpc) is 2.38. The predicted octanol–water partition coefficient (Wildman–Crippen LogP) is 3.90. The third kappa shape index (κ3) is 3.37. The first-order valence-electron chi connectivity index (χ1n) is 6.07. The molecule has 0 bridgehead atoms. The van der Waals surface area contributed by atoms with Gasteiger partial charge in [-0.2, -0.15) is 5.26 Å². The normalized spacial score (nSPS) is 11.1. The van der Waals surface area contributed by atoms with E-state index < -0.39 is 0 Å². The van der Waals surface area contributed by atoms with Gasteiger partial charge in [-0.1, -0.05) is 36.0 Å². The number of nitrogens with two attached hydrogens (primary N) is 1. The zero-order chi connectivity index (χ0) is 13.9. The lowest BCUT2D eigenvalue weighted by molar-refractivity contribution is 0.543. The van der Waals surface area contributed by atoms with Gasteiger partial charge in [-0.25, -0.2) is 0 Å². The molecule has 0 saturated heterocycles. The van der Waals surface area contributed by atoms with Gasteiger partial charge in [-0.15, -0.1) is 0 Å². The highest BCUT2D eigenvalue weighted by molar-refractivity contribution is 7.99. The molecule has 0 aliphatic carbocycles. The molecule has 3 heteroatoms. The van der Waals surface area contributed by atoms with Crippen molar-refractivity contribution in [2.24, 2.45) is 5.73 Å². The van der Waals surface area contributed by atoms with Crippen LogP contribution in [0, 0.1) is 11.3 Å². The second kappa shape index (κ2) is 5.48. The number of rotatable bonds is 3. The summed E-state index contributed by atoms with van der Waals surface area (Å²) in [5.74, 6) is 0. The van der Waals surface area contributed by atoms with E-state index in [9.17, 15) is 0 Å². The Balaban J connectivity index is 2.36. The lowest BCUT2D eigenvalue weighted by Gasteiger charge is -2.22. The van der Waals surface area contributed by atoms with Crippen molar-refractivity contribution in [2.75, 3.05) is 0 Å². The zero-order valence-electron chi connectivity index (χ0n) is 11.1. The molecule has 0 spiro atoms. The number of hydrogen-bond acceptors (Lipinski definition) is 3. The van der Waals surface area contributed by atoms with Crippen LogP contribution in [0.15, 0.2) is 58.3 Å². The van der Waals surface area contributed by atoms with Gasteiger partial charge in [0.15, 0.2) is 0 Å². The van der Waals surface area contributed by atoms with Gasteiger partial charge in [0, 0.05) is 15.3 Å². The van der Waals surface area contributed by atoms with E-state index in [1.54, 1.807) is 11.8 Å². The Morgan fingerprint density at radius 2 is 1.84 bits per heavy atom. The summed E-state index contributed by atoms with van der Waals surface area (Å²) in [4.78, 5) is 2.18. The molecule has 2 aromatic carbocycles. The summed E-state index contributed by atoms with van der Waals surface area (Å²) in [6.45, 7) is 4.00. The second-order valence-corrected chi connectivity index (χ2v) is 6.07. The van der Waals surface area contributed by atoms with E-state index in [-0.39, 0.29) is 5.54 Å². The van der Waals surface area contributed by atoms with Crippen LogP contribution in [-0.2, 0) is 5.54 Å². The third-order valence-electron chi connectivity index (χ3n) is 2.77. The number of nitriles is 1. The Morgan fingerprint density at radius 1 is 1.11 bits per heavy atom. The summed E-state index contributed by atoms with van der Waals surface area (Å²) < 4.78 is 0. The van der Waals surface area contributed by atoms with E-state index >= 15 is 0 Å². The van der Waals surface area contributed by atoms with Crippen LogP contribution in [-0.4, -0.2) is 0 Å². The van der Waals surface area contributed by atoms with Crippen LogP contribution in [0.3, 0.4) is 0 Å². The maximum Gasteiger partial charge on any atom is 0.0992 e. The average molecular weight is 268 g/mol. The maximum absolute atomic E-state index is 8.93. The molecule has 0 unspecified atom stereocenters. The molecule has 0 radical (unpaired) electrons. The van der Waals surface area contributed by atoms with E-state index in [1.165, 1.54) is 0 Å². The Morgan fingerprint density at radius 3 is 2.53 bits per heavy atom. The number of benzene rings is 2. The van der Waals surface area contributed by atoms with Crippen LogP contribution in [0.4, 0.5) is 0 Å². The monoisotopic (exact) mass is 268 g/mol. The van der Waals surface area contributed by atoms with Crippen LogP contribution in [0.1, 0.15) is 25.0 Å². The maximum atomic E-state index is 8.93. The van der Waals surface area contributed by atoms with Crippen molar-refractivity contribution in [1.82, 2.24) is 0 Å². The Hall–Kier alpha value is -1.76. The molecule has 0 saturated carbocycles. The third-order valence-corrected chi connectivity index (χ3v) is 3.84. The highest BCUT2D eigenvalue weighted by Gasteiger charge is 2.18. The molecule has 96 valence electrons. The molecule has 19 heavy (non-hydrogen) atoms.